The van der Waals surface area contributed by atoms with Gasteiger partial charge in [-0.2, -0.15) is 0 Å². The van der Waals surface area contributed by atoms with E-state index in [1.54, 1.807) is 30.0 Å². The van der Waals surface area contributed by atoms with Gasteiger partial charge >= 0.3 is 5.63 Å². The molecule has 2 aromatic carbocycles. The first-order chi connectivity index (χ1) is 16.7. The van der Waals surface area contributed by atoms with Crippen LogP contribution in [-0.2, 0) is 9.59 Å². The summed E-state index contributed by atoms with van der Waals surface area (Å²) < 4.78 is 24.8. The zero-order valence-corrected chi connectivity index (χ0v) is 20.4. The van der Waals surface area contributed by atoms with Gasteiger partial charge in [0.25, 0.3) is 5.91 Å². The minimum absolute atomic E-state index is 0.146. The minimum Gasteiger partial charge on any atom is -0.481 e. The summed E-state index contributed by atoms with van der Waals surface area (Å²) >= 11 is 6.21. The Kier molecular flexibility index (Phi) is 7.55. The smallest absolute Gasteiger partial charge is 0.336 e. The number of ether oxygens (including phenoxy) is 1. The fourth-order valence-electron chi connectivity index (χ4n) is 4.56. The number of amides is 1. The lowest BCUT2D eigenvalue weighted by atomic mass is 9.92. The van der Waals surface area contributed by atoms with Crippen LogP contribution in [0.3, 0.4) is 0 Å². The molecule has 1 saturated heterocycles. The van der Waals surface area contributed by atoms with Gasteiger partial charge in [-0.1, -0.05) is 18.5 Å². The molecule has 2 atom stereocenters. The van der Waals surface area contributed by atoms with Gasteiger partial charge in [0.15, 0.2) is 6.10 Å². The number of ketones is 1. The lowest BCUT2D eigenvalue weighted by Gasteiger charge is -2.34. The Bertz CT molecular complexity index is 1320. The first-order valence-electron chi connectivity index (χ1n) is 11.8. The van der Waals surface area contributed by atoms with Gasteiger partial charge in [-0.25, -0.2) is 9.18 Å². The summed E-state index contributed by atoms with van der Waals surface area (Å²) in [5.74, 6) is 0.148. The molecule has 1 aliphatic heterocycles. The molecule has 1 amide bonds. The molecule has 1 aliphatic rings. The van der Waals surface area contributed by atoms with Gasteiger partial charge in [-0.15, -0.1) is 0 Å². The number of halogens is 2. The Labute approximate surface area is 207 Å². The zero-order chi connectivity index (χ0) is 25.1. The first kappa shape index (κ1) is 24.9. The molecule has 3 aromatic rings. The van der Waals surface area contributed by atoms with Gasteiger partial charge in [0, 0.05) is 54.6 Å². The van der Waals surface area contributed by atoms with Gasteiger partial charge < -0.3 is 14.1 Å². The van der Waals surface area contributed by atoms with Crippen molar-refractivity contribution in [2.45, 2.75) is 45.6 Å². The summed E-state index contributed by atoms with van der Waals surface area (Å²) in [5.41, 5.74) is 0.693. The van der Waals surface area contributed by atoms with E-state index in [-0.39, 0.29) is 28.2 Å². The Morgan fingerprint density at radius 3 is 2.74 bits per heavy atom. The number of Topliss-reactive ketones (excluding diaryl/α,β-unsaturated/α-hetero) is 1. The standard InChI is InChI=1S/C27H27ClFNO5/c1-3-19(31)11-17-5-4-10-30(15-17)27(33)16(2)34-20-7-9-22-23(14-26(32)35-25(22)13-20)21-8-6-18(29)12-24(21)28/h6-9,12-14,16-17H,3-5,10-11,15H2,1-2H3/t16-,17-/m1/s1. The number of carbonyl (C=O) groups excluding carboxylic acids is 2. The average molecular weight is 500 g/mol. The van der Waals surface area contributed by atoms with Crippen molar-refractivity contribution >= 4 is 34.3 Å². The van der Waals surface area contributed by atoms with E-state index in [9.17, 15) is 18.8 Å². The quantitative estimate of drug-likeness (QED) is 0.394. The summed E-state index contributed by atoms with van der Waals surface area (Å²) in [4.78, 5) is 38.8. The fourth-order valence-corrected chi connectivity index (χ4v) is 4.83. The lowest BCUT2D eigenvalue weighted by molar-refractivity contribution is -0.140. The normalized spacial score (nSPS) is 16.8. The van der Waals surface area contributed by atoms with E-state index in [0.717, 1.165) is 12.8 Å². The molecule has 1 aromatic heterocycles. The van der Waals surface area contributed by atoms with Crippen molar-refractivity contribution in [2.75, 3.05) is 13.1 Å². The molecule has 0 aliphatic carbocycles. The number of hydrogen-bond donors (Lipinski definition) is 0. The van der Waals surface area contributed by atoms with E-state index in [0.29, 0.717) is 48.2 Å². The monoisotopic (exact) mass is 499 g/mol. The second-order valence-electron chi connectivity index (χ2n) is 8.91. The molecular weight excluding hydrogens is 473 g/mol. The molecule has 2 heterocycles. The van der Waals surface area contributed by atoms with Gasteiger partial charge in [0.2, 0.25) is 0 Å². The van der Waals surface area contributed by atoms with Crippen molar-refractivity contribution < 1.29 is 23.1 Å². The molecule has 4 rings (SSSR count). The van der Waals surface area contributed by atoms with Crippen LogP contribution in [0.4, 0.5) is 4.39 Å². The van der Waals surface area contributed by atoms with Crippen molar-refractivity contribution in [3.8, 4) is 16.9 Å². The second kappa shape index (κ2) is 10.6. The first-order valence-corrected chi connectivity index (χ1v) is 12.1. The van der Waals surface area contributed by atoms with Crippen LogP contribution in [0.25, 0.3) is 22.1 Å². The van der Waals surface area contributed by atoms with Crippen LogP contribution in [0.5, 0.6) is 5.75 Å². The van der Waals surface area contributed by atoms with E-state index in [4.69, 9.17) is 20.8 Å². The van der Waals surface area contributed by atoms with Crippen molar-refractivity contribution in [2.24, 2.45) is 5.92 Å². The highest BCUT2D eigenvalue weighted by atomic mass is 35.5. The van der Waals surface area contributed by atoms with Crippen LogP contribution >= 0.6 is 11.6 Å². The third kappa shape index (κ3) is 5.73. The maximum absolute atomic E-state index is 13.5. The van der Waals surface area contributed by atoms with E-state index in [1.165, 1.54) is 24.3 Å². The highest BCUT2D eigenvalue weighted by molar-refractivity contribution is 6.33. The molecule has 0 bridgehead atoms. The van der Waals surface area contributed by atoms with Crippen LogP contribution in [-0.4, -0.2) is 35.8 Å². The number of hydrogen-bond acceptors (Lipinski definition) is 5. The largest absolute Gasteiger partial charge is 0.481 e. The van der Waals surface area contributed by atoms with Crippen molar-refractivity contribution in [1.82, 2.24) is 4.90 Å². The van der Waals surface area contributed by atoms with Crippen LogP contribution < -0.4 is 10.4 Å². The molecule has 8 heteroatoms. The maximum Gasteiger partial charge on any atom is 0.336 e. The Balaban J connectivity index is 1.53. The summed E-state index contributed by atoms with van der Waals surface area (Å²) in [6.07, 6.45) is 2.05. The van der Waals surface area contributed by atoms with Gasteiger partial charge in [0.1, 0.15) is 22.9 Å². The van der Waals surface area contributed by atoms with E-state index >= 15 is 0 Å². The fraction of sp³-hybridized carbons (Fsp3) is 0.370. The number of piperidine rings is 1. The van der Waals surface area contributed by atoms with Crippen LogP contribution in [0.15, 0.2) is 51.7 Å². The molecule has 1 fully saturated rings. The van der Waals surface area contributed by atoms with E-state index in [2.05, 4.69) is 0 Å². The molecule has 0 saturated carbocycles. The summed E-state index contributed by atoms with van der Waals surface area (Å²) in [7, 11) is 0. The van der Waals surface area contributed by atoms with E-state index in [1.807, 2.05) is 6.92 Å². The highest BCUT2D eigenvalue weighted by Crippen LogP contribution is 2.34. The molecule has 184 valence electrons. The Morgan fingerprint density at radius 2 is 2.00 bits per heavy atom. The molecule has 0 N–H and O–H groups in total. The minimum atomic E-state index is -0.755. The Morgan fingerprint density at radius 1 is 1.20 bits per heavy atom. The number of likely N-dealkylation sites (tertiary alicyclic amines) is 1. The number of rotatable bonds is 7. The molecule has 0 radical (unpaired) electrons. The molecule has 6 nitrogen and oxygen atoms in total. The molecule has 35 heavy (non-hydrogen) atoms. The van der Waals surface area contributed by atoms with Gasteiger partial charge in [0.05, 0.1) is 5.02 Å². The van der Waals surface area contributed by atoms with Crippen molar-refractivity contribution in [3.63, 3.8) is 0 Å². The number of fused-ring (bicyclic) bond motifs is 1. The predicted molar refractivity (Wildman–Crippen MR) is 132 cm³/mol. The number of benzene rings is 2. The van der Waals surface area contributed by atoms with Gasteiger partial charge in [-0.3, -0.25) is 9.59 Å². The SMILES string of the molecule is CCC(=O)C[C@H]1CCCN(C(=O)[C@@H](C)Oc2ccc3c(-c4ccc(F)cc4Cl)cc(=O)oc3c2)C1. The molecular formula is C27H27ClFNO5. The number of nitrogens with zero attached hydrogens (tertiary/aromatic N) is 1. The predicted octanol–water partition coefficient (Wildman–Crippen LogP) is 5.63. The lowest BCUT2D eigenvalue weighted by Crippen LogP contribution is -2.46. The molecule has 0 unspecified atom stereocenters. The Hall–Kier alpha value is -3.19. The average Bonchev–Trinajstić information content (AvgIpc) is 2.83. The third-order valence-electron chi connectivity index (χ3n) is 6.34. The summed E-state index contributed by atoms with van der Waals surface area (Å²) in [6.45, 7) is 4.72. The zero-order valence-electron chi connectivity index (χ0n) is 19.7. The van der Waals surface area contributed by atoms with Gasteiger partial charge in [-0.05, 0) is 56.0 Å². The van der Waals surface area contributed by atoms with Crippen LogP contribution in [0.1, 0.15) is 39.5 Å². The highest BCUT2D eigenvalue weighted by Gasteiger charge is 2.28. The molecule has 0 spiro atoms. The van der Waals surface area contributed by atoms with Crippen LogP contribution in [0, 0.1) is 11.7 Å². The third-order valence-corrected chi connectivity index (χ3v) is 6.65. The summed E-state index contributed by atoms with van der Waals surface area (Å²) in [6, 6.07) is 10.2. The van der Waals surface area contributed by atoms with E-state index < -0.39 is 17.5 Å². The van der Waals surface area contributed by atoms with Crippen molar-refractivity contribution in [3.05, 3.63) is 63.7 Å². The topological polar surface area (TPSA) is 76.8 Å². The van der Waals surface area contributed by atoms with Crippen LogP contribution in [0.2, 0.25) is 5.02 Å². The second-order valence-corrected chi connectivity index (χ2v) is 9.32. The van der Waals surface area contributed by atoms with Crippen molar-refractivity contribution in [1.29, 1.82) is 0 Å². The number of carbonyl (C=O) groups is 2. The maximum atomic E-state index is 13.5. The summed E-state index contributed by atoms with van der Waals surface area (Å²) in [5, 5.41) is 0.779.